The first-order valence-electron chi connectivity index (χ1n) is 5.98. The molecule has 0 bridgehead atoms. The molecule has 1 aromatic rings. The predicted molar refractivity (Wildman–Crippen MR) is 78.1 cm³/mol. The molecule has 1 aliphatic rings. The molecule has 0 saturated carbocycles. The van der Waals surface area contributed by atoms with Gasteiger partial charge in [0, 0.05) is 4.88 Å². The van der Waals surface area contributed by atoms with Gasteiger partial charge >= 0.3 is 0 Å². The number of carbonyl (C=O) groups is 2. The molecule has 0 radical (unpaired) electrons. The van der Waals surface area contributed by atoms with E-state index in [4.69, 9.17) is 4.74 Å². The third-order valence-corrected chi connectivity index (χ3v) is 4.18. The maximum absolute atomic E-state index is 12.1. The average Bonchev–Trinajstić information content (AvgIpc) is 2.93. The lowest BCUT2D eigenvalue weighted by Gasteiger charge is -2.13. The van der Waals surface area contributed by atoms with Crippen LogP contribution in [0.2, 0.25) is 0 Å². The summed E-state index contributed by atoms with van der Waals surface area (Å²) in [6.07, 6.45) is 1.86. The molecule has 0 unspecified atom stereocenters. The molecule has 1 fully saturated rings. The highest BCUT2D eigenvalue weighted by Gasteiger charge is 2.34. The highest BCUT2D eigenvalue weighted by Crippen LogP contribution is 2.32. The number of thiophene rings is 1. The van der Waals surface area contributed by atoms with E-state index in [1.54, 1.807) is 6.08 Å². The van der Waals surface area contributed by atoms with Gasteiger partial charge < -0.3 is 4.74 Å². The van der Waals surface area contributed by atoms with Gasteiger partial charge in [0.1, 0.15) is 0 Å². The zero-order chi connectivity index (χ0) is 13.8. The van der Waals surface area contributed by atoms with Crippen LogP contribution in [-0.4, -0.2) is 35.3 Å². The molecule has 0 aromatic carbocycles. The van der Waals surface area contributed by atoms with E-state index in [1.165, 1.54) is 16.2 Å². The fraction of sp³-hybridized carbons (Fsp3) is 0.385. The van der Waals surface area contributed by atoms with Crippen LogP contribution in [0.5, 0.6) is 0 Å². The quantitative estimate of drug-likeness (QED) is 0.783. The van der Waals surface area contributed by atoms with E-state index in [-0.39, 0.29) is 17.3 Å². The molecule has 0 N–H and O–H groups in total. The van der Waals surface area contributed by atoms with Crippen LogP contribution in [0, 0.1) is 0 Å². The lowest BCUT2D eigenvalue weighted by atomic mass is 10.3. The molecular formula is C13H15NO3S2. The number of ether oxygens (including phenoxy) is 1. The van der Waals surface area contributed by atoms with Crippen LogP contribution < -0.4 is 0 Å². The molecule has 4 nitrogen and oxygen atoms in total. The van der Waals surface area contributed by atoms with Crippen molar-refractivity contribution >= 4 is 40.3 Å². The number of nitrogens with zero attached hydrogens (tertiary/aromatic N) is 1. The summed E-state index contributed by atoms with van der Waals surface area (Å²) in [5.74, 6) is -0.226. The fourth-order valence-electron chi connectivity index (χ4n) is 1.58. The summed E-state index contributed by atoms with van der Waals surface area (Å²) in [7, 11) is 0. The molecule has 19 heavy (non-hydrogen) atoms. The minimum Gasteiger partial charge on any atom is -0.377 e. The fourth-order valence-corrected chi connectivity index (χ4v) is 3.16. The summed E-state index contributed by atoms with van der Waals surface area (Å²) in [5, 5.41) is 1.71. The molecule has 2 rings (SSSR count). The van der Waals surface area contributed by atoms with E-state index in [2.05, 4.69) is 0 Å². The lowest BCUT2D eigenvalue weighted by Crippen LogP contribution is -2.32. The Balaban J connectivity index is 2.00. The van der Waals surface area contributed by atoms with E-state index >= 15 is 0 Å². The molecule has 2 heterocycles. The second-order valence-electron chi connectivity index (χ2n) is 4.27. The molecule has 1 saturated heterocycles. The maximum atomic E-state index is 12.1. The molecule has 2 amide bonds. The van der Waals surface area contributed by atoms with Crippen molar-refractivity contribution in [1.29, 1.82) is 0 Å². The first-order valence-corrected chi connectivity index (χ1v) is 7.68. The van der Waals surface area contributed by atoms with E-state index in [0.29, 0.717) is 18.1 Å². The van der Waals surface area contributed by atoms with Gasteiger partial charge in [0.25, 0.3) is 11.1 Å². The number of rotatable bonds is 5. The van der Waals surface area contributed by atoms with Gasteiger partial charge in [-0.2, -0.15) is 0 Å². The summed E-state index contributed by atoms with van der Waals surface area (Å²) in [6.45, 7) is 4.53. The van der Waals surface area contributed by atoms with Crippen LogP contribution in [0.1, 0.15) is 18.7 Å². The molecule has 1 aromatic heterocycles. The summed E-state index contributed by atoms with van der Waals surface area (Å²) >= 11 is 2.53. The Labute approximate surface area is 120 Å². The van der Waals surface area contributed by atoms with Gasteiger partial charge in [-0.1, -0.05) is 6.07 Å². The number of carbonyl (C=O) groups excluding carboxylic acids is 2. The van der Waals surface area contributed by atoms with Crippen LogP contribution >= 0.6 is 23.1 Å². The largest absolute Gasteiger partial charge is 0.377 e. The first-order chi connectivity index (χ1) is 9.08. The number of imide groups is 1. The van der Waals surface area contributed by atoms with E-state index in [9.17, 15) is 9.59 Å². The van der Waals surface area contributed by atoms with Gasteiger partial charge in [-0.15, -0.1) is 11.3 Å². The molecule has 102 valence electrons. The zero-order valence-electron chi connectivity index (χ0n) is 10.8. The van der Waals surface area contributed by atoms with Crippen LogP contribution in [0.3, 0.4) is 0 Å². The van der Waals surface area contributed by atoms with Crippen molar-refractivity contribution in [3.8, 4) is 0 Å². The van der Waals surface area contributed by atoms with E-state index < -0.39 is 0 Å². The molecule has 0 aliphatic carbocycles. The Kier molecular flexibility index (Phi) is 4.79. The Morgan fingerprint density at radius 3 is 2.84 bits per heavy atom. The van der Waals surface area contributed by atoms with Gasteiger partial charge in [-0.3, -0.25) is 14.5 Å². The lowest BCUT2D eigenvalue weighted by molar-refractivity contribution is -0.123. The number of hydrogen-bond acceptors (Lipinski definition) is 5. The third kappa shape index (κ3) is 3.68. The minimum atomic E-state index is -0.226. The van der Waals surface area contributed by atoms with Crippen LogP contribution in [0.25, 0.3) is 6.08 Å². The molecule has 0 spiro atoms. The van der Waals surface area contributed by atoms with Gasteiger partial charge in [-0.05, 0) is 43.1 Å². The highest BCUT2D eigenvalue weighted by molar-refractivity contribution is 8.18. The summed E-state index contributed by atoms with van der Waals surface area (Å²) in [5.41, 5.74) is 0. The Morgan fingerprint density at radius 1 is 1.42 bits per heavy atom. The van der Waals surface area contributed by atoms with Gasteiger partial charge in [0.2, 0.25) is 0 Å². The number of thioether (sulfide) groups is 1. The second kappa shape index (κ2) is 6.36. The smallest absolute Gasteiger partial charge is 0.293 e. The summed E-state index contributed by atoms with van der Waals surface area (Å²) in [6, 6.07) is 3.83. The average molecular weight is 297 g/mol. The minimum absolute atomic E-state index is 0.0987. The van der Waals surface area contributed by atoms with E-state index in [0.717, 1.165) is 16.6 Å². The first kappa shape index (κ1) is 14.3. The molecule has 6 heteroatoms. The van der Waals surface area contributed by atoms with Crippen molar-refractivity contribution in [2.75, 3.05) is 13.2 Å². The van der Waals surface area contributed by atoms with Gasteiger partial charge in [-0.25, -0.2) is 0 Å². The van der Waals surface area contributed by atoms with Crippen molar-refractivity contribution < 1.29 is 14.3 Å². The van der Waals surface area contributed by atoms with Crippen molar-refractivity contribution in [3.63, 3.8) is 0 Å². The molecule has 1 aliphatic heterocycles. The zero-order valence-corrected chi connectivity index (χ0v) is 12.4. The standard InChI is InChI=1S/C13H15NO3S2/c1-9(2)17-6-5-14-12(15)11(19-13(14)16)8-10-4-3-7-18-10/h3-4,7-9H,5-6H2,1-2H3. The predicted octanol–water partition coefficient (Wildman–Crippen LogP) is 3.21. The van der Waals surface area contributed by atoms with Crippen molar-refractivity contribution in [2.45, 2.75) is 20.0 Å². The van der Waals surface area contributed by atoms with Crippen LogP contribution in [-0.2, 0) is 9.53 Å². The van der Waals surface area contributed by atoms with Crippen LogP contribution in [0.15, 0.2) is 22.4 Å². The topological polar surface area (TPSA) is 46.6 Å². The monoisotopic (exact) mass is 297 g/mol. The maximum Gasteiger partial charge on any atom is 0.293 e. The Bertz CT molecular complexity index is 494. The van der Waals surface area contributed by atoms with Crippen molar-refractivity contribution in [3.05, 3.63) is 27.3 Å². The van der Waals surface area contributed by atoms with Gasteiger partial charge in [0.05, 0.1) is 24.2 Å². The molecule has 0 atom stereocenters. The van der Waals surface area contributed by atoms with Crippen LogP contribution in [0.4, 0.5) is 4.79 Å². The van der Waals surface area contributed by atoms with Crippen molar-refractivity contribution in [2.24, 2.45) is 0 Å². The SMILES string of the molecule is CC(C)OCCN1C(=O)SC(=Cc2cccs2)C1=O. The Morgan fingerprint density at radius 2 is 2.21 bits per heavy atom. The second-order valence-corrected chi connectivity index (χ2v) is 6.24. The van der Waals surface area contributed by atoms with E-state index in [1.807, 2.05) is 31.4 Å². The summed E-state index contributed by atoms with van der Waals surface area (Å²) < 4.78 is 5.37. The summed E-state index contributed by atoms with van der Waals surface area (Å²) in [4.78, 5) is 26.6. The number of amides is 2. The van der Waals surface area contributed by atoms with Gasteiger partial charge in [0.15, 0.2) is 0 Å². The highest BCUT2D eigenvalue weighted by atomic mass is 32.2. The number of hydrogen-bond donors (Lipinski definition) is 0. The molecular weight excluding hydrogens is 282 g/mol. The Hall–Kier alpha value is -1.11. The van der Waals surface area contributed by atoms with Crippen molar-refractivity contribution in [1.82, 2.24) is 4.90 Å². The normalized spacial score (nSPS) is 18.1. The third-order valence-electron chi connectivity index (χ3n) is 2.46.